The first kappa shape index (κ1) is 11.2. The van der Waals surface area contributed by atoms with E-state index in [0.717, 1.165) is 25.3 Å². The van der Waals surface area contributed by atoms with Crippen LogP contribution < -0.4 is 10.6 Å². The van der Waals surface area contributed by atoms with E-state index in [1.54, 1.807) is 0 Å². The van der Waals surface area contributed by atoms with E-state index in [0.29, 0.717) is 6.04 Å². The maximum atomic E-state index is 4.28. The topological polar surface area (TPSA) is 41.9 Å². The predicted octanol–water partition coefficient (Wildman–Crippen LogP) is 0.508. The van der Waals surface area contributed by atoms with Crippen LogP contribution in [0, 0.1) is 0 Å². The molecule has 0 spiro atoms. The van der Waals surface area contributed by atoms with Crippen molar-refractivity contribution in [1.29, 1.82) is 0 Å². The SMILES string of the molecule is CC(C)NCCNCc1ccn(C)n1. The van der Waals surface area contributed by atoms with Gasteiger partial charge in [0.05, 0.1) is 5.69 Å². The predicted molar refractivity (Wildman–Crippen MR) is 58.1 cm³/mol. The molecule has 0 saturated carbocycles. The van der Waals surface area contributed by atoms with Gasteiger partial charge in [-0.25, -0.2) is 0 Å². The van der Waals surface area contributed by atoms with Crippen molar-refractivity contribution < 1.29 is 0 Å². The molecule has 0 aliphatic heterocycles. The quantitative estimate of drug-likeness (QED) is 0.651. The summed E-state index contributed by atoms with van der Waals surface area (Å²) in [6.07, 6.45) is 1.96. The summed E-state index contributed by atoms with van der Waals surface area (Å²) in [5.41, 5.74) is 1.09. The normalized spacial score (nSPS) is 11.1. The molecule has 0 amide bonds. The molecule has 0 fully saturated rings. The van der Waals surface area contributed by atoms with Gasteiger partial charge in [-0.3, -0.25) is 4.68 Å². The molecule has 4 heteroatoms. The first-order valence-corrected chi connectivity index (χ1v) is 5.11. The summed E-state index contributed by atoms with van der Waals surface area (Å²) in [5, 5.41) is 11.0. The van der Waals surface area contributed by atoms with Crippen molar-refractivity contribution in [2.45, 2.75) is 26.4 Å². The van der Waals surface area contributed by atoms with E-state index in [1.807, 2.05) is 24.0 Å². The minimum absolute atomic E-state index is 0.562. The van der Waals surface area contributed by atoms with E-state index < -0.39 is 0 Å². The first-order chi connectivity index (χ1) is 6.68. The molecule has 0 bridgehead atoms. The van der Waals surface area contributed by atoms with Gasteiger partial charge in [0, 0.05) is 38.9 Å². The van der Waals surface area contributed by atoms with Gasteiger partial charge in [-0.15, -0.1) is 0 Å². The van der Waals surface area contributed by atoms with Crippen LogP contribution in [0.2, 0.25) is 0 Å². The van der Waals surface area contributed by atoms with Crippen molar-refractivity contribution in [3.63, 3.8) is 0 Å². The highest BCUT2D eigenvalue weighted by atomic mass is 15.3. The molecule has 80 valence electrons. The molecule has 0 aliphatic carbocycles. The van der Waals surface area contributed by atoms with E-state index in [-0.39, 0.29) is 0 Å². The van der Waals surface area contributed by atoms with Gasteiger partial charge >= 0.3 is 0 Å². The molecule has 4 nitrogen and oxygen atoms in total. The Bertz CT molecular complexity index is 254. The molecule has 0 aliphatic rings. The molecule has 0 atom stereocenters. The molecule has 1 heterocycles. The molecule has 2 N–H and O–H groups in total. The Hall–Kier alpha value is -0.870. The Morgan fingerprint density at radius 3 is 2.79 bits per heavy atom. The molecule has 1 rings (SSSR count). The number of aryl methyl sites for hydroxylation is 1. The number of nitrogens with one attached hydrogen (secondary N) is 2. The third kappa shape index (κ3) is 4.39. The Labute approximate surface area is 85.7 Å². The smallest absolute Gasteiger partial charge is 0.0762 e. The summed E-state index contributed by atoms with van der Waals surface area (Å²) in [5.74, 6) is 0. The monoisotopic (exact) mass is 196 g/mol. The molecular formula is C10H20N4. The van der Waals surface area contributed by atoms with Crippen LogP contribution in [0.1, 0.15) is 19.5 Å². The summed E-state index contributed by atoms with van der Waals surface area (Å²) >= 11 is 0. The van der Waals surface area contributed by atoms with Gasteiger partial charge in [0.15, 0.2) is 0 Å². The van der Waals surface area contributed by atoms with Crippen LogP contribution in [0.5, 0.6) is 0 Å². The van der Waals surface area contributed by atoms with Gasteiger partial charge in [0.1, 0.15) is 0 Å². The highest BCUT2D eigenvalue weighted by Crippen LogP contribution is 1.91. The fourth-order valence-corrected chi connectivity index (χ4v) is 1.22. The average molecular weight is 196 g/mol. The molecule has 0 radical (unpaired) electrons. The van der Waals surface area contributed by atoms with Crippen LogP contribution in [-0.2, 0) is 13.6 Å². The fourth-order valence-electron chi connectivity index (χ4n) is 1.22. The summed E-state index contributed by atoms with van der Waals surface area (Å²) in [7, 11) is 1.93. The van der Waals surface area contributed by atoms with Gasteiger partial charge in [0.25, 0.3) is 0 Å². The van der Waals surface area contributed by atoms with Gasteiger partial charge in [-0.1, -0.05) is 13.8 Å². The van der Waals surface area contributed by atoms with Gasteiger partial charge in [-0.2, -0.15) is 5.10 Å². The number of nitrogens with zero attached hydrogens (tertiary/aromatic N) is 2. The zero-order valence-electron chi connectivity index (χ0n) is 9.25. The van der Waals surface area contributed by atoms with Crippen LogP contribution in [0.15, 0.2) is 12.3 Å². The van der Waals surface area contributed by atoms with Gasteiger partial charge < -0.3 is 10.6 Å². The zero-order chi connectivity index (χ0) is 10.4. The second-order valence-corrected chi connectivity index (χ2v) is 3.77. The molecule has 0 unspecified atom stereocenters. The molecular weight excluding hydrogens is 176 g/mol. The summed E-state index contributed by atoms with van der Waals surface area (Å²) < 4.78 is 1.82. The van der Waals surface area contributed by atoms with Gasteiger partial charge in [-0.05, 0) is 6.07 Å². The lowest BCUT2D eigenvalue weighted by Gasteiger charge is -2.07. The Kier molecular flexibility index (Phi) is 4.62. The minimum atomic E-state index is 0.562. The third-order valence-corrected chi connectivity index (χ3v) is 1.93. The Morgan fingerprint density at radius 1 is 1.43 bits per heavy atom. The van der Waals surface area contributed by atoms with Crippen LogP contribution in [0.3, 0.4) is 0 Å². The summed E-state index contributed by atoms with van der Waals surface area (Å²) in [6.45, 7) is 7.14. The van der Waals surface area contributed by atoms with Crippen molar-refractivity contribution in [3.8, 4) is 0 Å². The van der Waals surface area contributed by atoms with Gasteiger partial charge in [0.2, 0.25) is 0 Å². The third-order valence-electron chi connectivity index (χ3n) is 1.93. The van der Waals surface area contributed by atoms with Crippen molar-refractivity contribution >= 4 is 0 Å². The van der Waals surface area contributed by atoms with Crippen LogP contribution in [0.4, 0.5) is 0 Å². The molecule has 1 aromatic rings. The number of aromatic nitrogens is 2. The molecule has 14 heavy (non-hydrogen) atoms. The van der Waals surface area contributed by atoms with Crippen LogP contribution in [0.25, 0.3) is 0 Å². The fraction of sp³-hybridized carbons (Fsp3) is 0.700. The van der Waals surface area contributed by atoms with E-state index in [4.69, 9.17) is 0 Å². The largest absolute Gasteiger partial charge is 0.313 e. The van der Waals surface area contributed by atoms with Crippen molar-refractivity contribution in [2.75, 3.05) is 13.1 Å². The van der Waals surface area contributed by atoms with Crippen LogP contribution >= 0.6 is 0 Å². The van der Waals surface area contributed by atoms with Crippen molar-refractivity contribution in [1.82, 2.24) is 20.4 Å². The number of hydrogen-bond donors (Lipinski definition) is 2. The maximum absolute atomic E-state index is 4.28. The first-order valence-electron chi connectivity index (χ1n) is 5.11. The zero-order valence-corrected chi connectivity index (χ0v) is 9.25. The lowest BCUT2D eigenvalue weighted by Crippen LogP contribution is -2.31. The minimum Gasteiger partial charge on any atom is -0.313 e. The number of rotatable bonds is 6. The average Bonchev–Trinajstić information content (AvgIpc) is 2.50. The Morgan fingerprint density at radius 2 is 2.21 bits per heavy atom. The standard InChI is InChI=1S/C10H20N4/c1-9(2)12-6-5-11-8-10-4-7-14(3)13-10/h4,7,9,11-12H,5-6,8H2,1-3H3. The van der Waals surface area contributed by atoms with E-state index >= 15 is 0 Å². The van der Waals surface area contributed by atoms with E-state index in [1.165, 1.54) is 0 Å². The molecule has 0 aromatic carbocycles. The second-order valence-electron chi connectivity index (χ2n) is 3.77. The molecule has 0 saturated heterocycles. The Balaban J connectivity index is 2.04. The van der Waals surface area contributed by atoms with Crippen molar-refractivity contribution in [3.05, 3.63) is 18.0 Å². The summed E-state index contributed by atoms with van der Waals surface area (Å²) in [4.78, 5) is 0. The van der Waals surface area contributed by atoms with Crippen LogP contribution in [-0.4, -0.2) is 28.9 Å². The lowest BCUT2D eigenvalue weighted by atomic mass is 10.4. The summed E-state index contributed by atoms with van der Waals surface area (Å²) in [6, 6.07) is 2.59. The van der Waals surface area contributed by atoms with E-state index in [9.17, 15) is 0 Å². The van der Waals surface area contributed by atoms with Crippen molar-refractivity contribution in [2.24, 2.45) is 7.05 Å². The maximum Gasteiger partial charge on any atom is 0.0762 e. The lowest BCUT2D eigenvalue weighted by molar-refractivity contribution is 0.551. The number of hydrogen-bond acceptors (Lipinski definition) is 3. The molecule has 1 aromatic heterocycles. The highest BCUT2D eigenvalue weighted by molar-refractivity contribution is 4.97. The highest BCUT2D eigenvalue weighted by Gasteiger charge is 1.95. The van der Waals surface area contributed by atoms with E-state index in [2.05, 4.69) is 29.6 Å². The second kappa shape index (κ2) is 5.78.